The van der Waals surface area contributed by atoms with Crippen LogP contribution in [-0.4, -0.2) is 41.4 Å². The number of fused-ring (bicyclic) bond motifs is 1. The second-order valence-corrected chi connectivity index (χ2v) is 7.97. The predicted molar refractivity (Wildman–Crippen MR) is 120 cm³/mol. The van der Waals surface area contributed by atoms with Gasteiger partial charge in [0.2, 0.25) is 5.91 Å². The van der Waals surface area contributed by atoms with Crippen molar-refractivity contribution in [1.82, 2.24) is 15.1 Å². The number of nitrogens with one attached hydrogen (secondary N) is 1. The van der Waals surface area contributed by atoms with Crippen molar-refractivity contribution < 1.29 is 19.1 Å². The summed E-state index contributed by atoms with van der Waals surface area (Å²) in [6, 6.07) is 16.3. The SMILES string of the molecule is COc1ccc(CNC(=O)[C@@]2(C)Cn3nc(C)cc3C(=O)N2c2ccc(OC)cc2)cc1. The lowest BCUT2D eigenvalue weighted by Crippen LogP contribution is -2.64. The van der Waals surface area contributed by atoms with E-state index in [-0.39, 0.29) is 18.4 Å². The number of aryl methyl sites for hydroxylation is 1. The fraction of sp³-hybridized carbons (Fsp3) is 0.292. The van der Waals surface area contributed by atoms with Crippen LogP contribution in [0.2, 0.25) is 0 Å². The summed E-state index contributed by atoms with van der Waals surface area (Å²) in [7, 11) is 3.19. The highest BCUT2D eigenvalue weighted by atomic mass is 16.5. The van der Waals surface area contributed by atoms with Gasteiger partial charge in [0.1, 0.15) is 22.7 Å². The summed E-state index contributed by atoms with van der Waals surface area (Å²) in [5.74, 6) is 0.877. The Bertz CT molecular complexity index is 1140. The number of methoxy groups -OCH3 is 2. The second-order valence-electron chi connectivity index (χ2n) is 7.97. The van der Waals surface area contributed by atoms with Crippen molar-refractivity contribution in [2.24, 2.45) is 0 Å². The van der Waals surface area contributed by atoms with Crippen LogP contribution < -0.4 is 19.7 Å². The number of ether oxygens (including phenoxy) is 2. The lowest BCUT2D eigenvalue weighted by Gasteiger charge is -2.43. The molecule has 0 fully saturated rings. The van der Waals surface area contributed by atoms with Gasteiger partial charge in [-0.05, 0) is 61.9 Å². The third-order valence-corrected chi connectivity index (χ3v) is 5.71. The van der Waals surface area contributed by atoms with Crippen LogP contribution in [0.25, 0.3) is 0 Å². The molecule has 0 saturated carbocycles. The highest BCUT2D eigenvalue weighted by molar-refractivity contribution is 6.11. The molecule has 4 rings (SSSR count). The number of aromatic nitrogens is 2. The number of carbonyl (C=O) groups is 2. The van der Waals surface area contributed by atoms with E-state index < -0.39 is 5.54 Å². The molecule has 1 aromatic heterocycles. The van der Waals surface area contributed by atoms with Crippen molar-refractivity contribution in [2.45, 2.75) is 32.5 Å². The molecular weight excluding hydrogens is 408 g/mol. The number of benzene rings is 2. The summed E-state index contributed by atoms with van der Waals surface area (Å²) < 4.78 is 12.0. The van der Waals surface area contributed by atoms with E-state index in [9.17, 15) is 9.59 Å². The fourth-order valence-corrected chi connectivity index (χ4v) is 3.96. The van der Waals surface area contributed by atoms with E-state index in [1.807, 2.05) is 31.2 Å². The Morgan fingerprint density at radius 2 is 1.66 bits per heavy atom. The van der Waals surface area contributed by atoms with E-state index in [0.717, 1.165) is 17.0 Å². The van der Waals surface area contributed by atoms with Gasteiger partial charge in [0, 0.05) is 12.2 Å². The molecule has 0 unspecified atom stereocenters. The van der Waals surface area contributed by atoms with Crippen molar-refractivity contribution in [3.8, 4) is 11.5 Å². The Morgan fingerprint density at radius 3 is 2.25 bits per heavy atom. The summed E-state index contributed by atoms with van der Waals surface area (Å²) >= 11 is 0. The first-order valence-electron chi connectivity index (χ1n) is 10.3. The normalized spacial score (nSPS) is 17.6. The number of anilines is 1. The van der Waals surface area contributed by atoms with Gasteiger partial charge in [-0.15, -0.1) is 0 Å². The van der Waals surface area contributed by atoms with Crippen molar-refractivity contribution in [1.29, 1.82) is 0 Å². The van der Waals surface area contributed by atoms with Gasteiger partial charge in [-0.3, -0.25) is 19.2 Å². The van der Waals surface area contributed by atoms with E-state index in [4.69, 9.17) is 9.47 Å². The number of rotatable bonds is 6. The van der Waals surface area contributed by atoms with E-state index >= 15 is 0 Å². The molecule has 8 heteroatoms. The topological polar surface area (TPSA) is 85.7 Å². The zero-order valence-electron chi connectivity index (χ0n) is 18.6. The maximum Gasteiger partial charge on any atom is 0.277 e. The van der Waals surface area contributed by atoms with Gasteiger partial charge in [0.05, 0.1) is 26.5 Å². The molecule has 2 amide bonds. The van der Waals surface area contributed by atoms with Gasteiger partial charge >= 0.3 is 0 Å². The fourth-order valence-electron chi connectivity index (χ4n) is 3.96. The zero-order chi connectivity index (χ0) is 22.9. The van der Waals surface area contributed by atoms with Gasteiger partial charge in [-0.1, -0.05) is 12.1 Å². The second kappa shape index (κ2) is 8.37. The zero-order valence-corrected chi connectivity index (χ0v) is 18.6. The molecule has 0 spiro atoms. The Kier molecular flexibility index (Phi) is 5.61. The van der Waals surface area contributed by atoms with Gasteiger partial charge in [-0.25, -0.2) is 0 Å². The Hall–Kier alpha value is -3.81. The molecule has 2 aromatic carbocycles. The monoisotopic (exact) mass is 434 g/mol. The van der Waals surface area contributed by atoms with Crippen LogP contribution in [0.5, 0.6) is 11.5 Å². The van der Waals surface area contributed by atoms with Crippen LogP contribution >= 0.6 is 0 Å². The molecule has 0 aliphatic carbocycles. The molecule has 1 aliphatic heterocycles. The third kappa shape index (κ3) is 3.79. The highest BCUT2D eigenvalue weighted by Crippen LogP contribution is 2.33. The minimum absolute atomic E-state index is 0.238. The lowest BCUT2D eigenvalue weighted by molar-refractivity contribution is -0.126. The van der Waals surface area contributed by atoms with E-state index in [1.165, 1.54) is 0 Å². The van der Waals surface area contributed by atoms with Crippen LogP contribution in [0.3, 0.4) is 0 Å². The molecule has 32 heavy (non-hydrogen) atoms. The number of nitrogens with zero attached hydrogens (tertiary/aromatic N) is 3. The Morgan fingerprint density at radius 1 is 1.06 bits per heavy atom. The Balaban J connectivity index is 1.66. The smallest absolute Gasteiger partial charge is 0.277 e. The van der Waals surface area contributed by atoms with Gasteiger partial charge < -0.3 is 14.8 Å². The van der Waals surface area contributed by atoms with Crippen LogP contribution in [0.15, 0.2) is 54.6 Å². The molecule has 166 valence electrons. The molecule has 0 radical (unpaired) electrons. The summed E-state index contributed by atoms with van der Waals surface area (Å²) in [5.41, 5.74) is 1.55. The quantitative estimate of drug-likeness (QED) is 0.645. The van der Waals surface area contributed by atoms with Crippen LogP contribution in [0, 0.1) is 6.92 Å². The maximum atomic E-state index is 13.5. The molecular formula is C24H26N4O4. The molecule has 0 bridgehead atoms. The first kappa shape index (κ1) is 21.4. The van der Waals surface area contributed by atoms with Crippen LogP contribution in [0.4, 0.5) is 5.69 Å². The van der Waals surface area contributed by atoms with Gasteiger partial charge in [0.15, 0.2) is 0 Å². The number of carbonyl (C=O) groups excluding carboxylic acids is 2. The summed E-state index contributed by atoms with van der Waals surface area (Å²) in [5, 5.41) is 7.42. The van der Waals surface area contributed by atoms with Crippen molar-refractivity contribution in [3.63, 3.8) is 0 Å². The summed E-state index contributed by atoms with van der Waals surface area (Å²) in [4.78, 5) is 28.5. The first-order valence-corrected chi connectivity index (χ1v) is 10.3. The Labute approximate surface area is 186 Å². The molecule has 1 aliphatic rings. The van der Waals surface area contributed by atoms with Gasteiger partial charge in [0.25, 0.3) is 5.91 Å². The standard InChI is InChI=1S/C24H26N4O4/c1-16-13-21-22(29)28(18-7-11-20(32-4)12-8-18)24(2,15-27(21)26-16)23(30)25-14-17-5-9-19(31-3)10-6-17/h5-13H,14-15H2,1-4H3,(H,25,30)/t24-/m1/s1. The van der Waals surface area contributed by atoms with Crippen molar-refractivity contribution in [2.75, 3.05) is 19.1 Å². The average Bonchev–Trinajstić information content (AvgIpc) is 3.18. The lowest BCUT2D eigenvalue weighted by atomic mass is 9.93. The molecule has 8 nitrogen and oxygen atoms in total. The average molecular weight is 434 g/mol. The van der Waals surface area contributed by atoms with Crippen molar-refractivity contribution in [3.05, 3.63) is 71.5 Å². The van der Waals surface area contributed by atoms with E-state index in [0.29, 0.717) is 23.7 Å². The number of amides is 2. The van der Waals surface area contributed by atoms with Crippen molar-refractivity contribution >= 4 is 17.5 Å². The molecule has 0 saturated heterocycles. The molecule has 1 atom stereocenters. The minimum Gasteiger partial charge on any atom is -0.497 e. The highest BCUT2D eigenvalue weighted by Gasteiger charge is 2.48. The predicted octanol–water partition coefficient (Wildman–Crippen LogP) is 2.94. The molecule has 2 heterocycles. The summed E-state index contributed by atoms with van der Waals surface area (Å²) in [6.45, 7) is 4.16. The maximum absolute atomic E-state index is 13.5. The summed E-state index contributed by atoms with van der Waals surface area (Å²) in [6.07, 6.45) is 0. The first-order chi connectivity index (χ1) is 15.4. The van der Waals surface area contributed by atoms with Gasteiger partial charge in [-0.2, -0.15) is 5.10 Å². The van der Waals surface area contributed by atoms with E-state index in [2.05, 4.69) is 10.4 Å². The number of hydrogen-bond acceptors (Lipinski definition) is 5. The van der Waals surface area contributed by atoms with E-state index in [1.54, 1.807) is 61.1 Å². The molecule has 1 N–H and O–H groups in total. The molecule has 3 aromatic rings. The van der Waals surface area contributed by atoms with Crippen LogP contribution in [-0.2, 0) is 17.9 Å². The largest absolute Gasteiger partial charge is 0.497 e. The number of hydrogen-bond donors (Lipinski definition) is 1. The minimum atomic E-state index is -1.18. The third-order valence-electron chi connectivity index (χ3n) is 5.71. The van der Waals surface area contributed by atoms with Crippen LogP contribution in [0.1, 0.15) is 28.7 Å².